The Labute approximate surface area is 172 Å². The van der Waals surface area contributed by atoms with Crippen molar-refractivity contribution in [2.24, 2.45) is 11.8 Å². The number of carbonyl (C=O) groups is 1. The van der Waals surface area contributed by atoms with Crippen LogP contribution in [-0.2, 0) is 9.53 Å². The van der Waals surface area contributed by atoms with Crippen molar-refractivity contribution in [1.29, 1.82) is 0 Å². The molecule has 4 rings (SSSR count). The normalized spacial score (nSPS) is 24.6. The van der Waals surface area contributed by atoms with E-state index in [4.69, 9.17) is 14.5 Å². The Hall–Kier alpha value is -2.34. The van der Waals surface area contributed by atoms with Crippen LogP contribution in [0.25, 0.3) is 10.9 Å². The van der Waals surface area contributed by atoms with Gasteiger partial charge in [-0.15, -0.1) is 0 Å². The quantitative estimate of drug-likeness (QED) is 0.810. The number of nitrogens with one attached hydrogen (secondary N) is 1. The maximum atomic E-state index is 12.2. The van der Waals surface area contributed by atoms with Gasteiger partial charge >= 0.3 is 0 Å². The number of fused-ring (bicyclic) bond motifs is 1. The first-order chi connectivity index (χ1) is 14.1. The lowest BCUT2D eigenvalue weighted by Gasteiger charge is -2.35. The number of rotatable bonds is 6. The van der Waals surface area contributed by atoms with Crippen molar-refractivity contribution < 1.29 is 14.3 Å². The molecule has 2 aliphatic rings. The third kappa shape index (κ3) is 4.99. The number of aromatic nitrogens is 1. The average Bonchev–Trinajstić information content (AvgIpc) is 3.23. The highest BCUT2D eigenvalue weighted by Crippen LogP contribution is 2.29. The van der Waals surface area contributed by atoms with Crippen LogP contribution < -0.4 is 15.0 Å². The zero-order chi connectivity index (χ0) is 20.2. The van der Waals surface area contributed by atoms with Crippen LogP contribution in [0.1, 0.15) is 33.1 Å². The molecule has 0 saturated carbocycles. The summed E-state index contributed by atoms with van der Waals surface area (Å²) in [6.45, 7) is 7.96. The molecule has 3 heterocycles. The summed E-state index contributed by atoms with van der Waals surface area (Å²) in [5.74, 6) is 2.82. The van der Waals surface area contributed by atoms with Crippen molar-refractivity contribution >= 4 is 22.6 Å². The number of hydrogen-bond acceptors (Lipinski definition) is 5. The van der Waals surface area contributed by atoms with Crippen molar-refractivity contribution in [3.63, 3.8) is 0 Å². The number of pyridine rings is 1. The smallest absolute Gasteiger partial charge is 0.258 e. The number of nitrogens with zero attached hydrogens (tertiary/aromatic N) is 2. The summed E-state index contributed by atoms with van der Waals surface area (Å²) in [6, 6.07) is 10.0. The lowest BCUT2D eigenvalue weighted by atomic mass is 9.92. The highest BCUT2D eigenvalue weighted by molar-refractivity contribution is 5.86. The van der Waals surface area contributed by atoms with E-state index in [0.717, 1.165) is 49.3 Å². The topological polar surface area (TPSA) is 63.7 Å². The molecule has 6 nitrogen and oxygen atoms in total. The maximum absolute atomic E-state index is 12.2. The summed E-state index contributed by atoms with van der Waals surface area (Å²) in [4.78, 5) is 19.4. The summed E-state index contributed by atoms with van der Waals surface area (Å²) in [5.41, 5.74) is 0.808. The van der Waals surface area contributed by atoms with Gasteiger partial charge in [0.2, 0.25) is 0 Å². The molecule has 0 spiro atoms. The van der Waals surface area contributed by atoms with Crippen molar-refractivity contribution in [1.82, 2.24) is 10.3 Å². The van der Waals surface area contributed by atoms with Crippen molar-refractivity contribution in [3.8, 4) is 5.75 Å². The summed E-state index contributed by atoms with van der Waals surface area (Å²) in [6.07, 6.45) is 3.47. The Kier molecular flexibility index (Phi) is 6.19. The van der Waals surface area contributed by atoms with E-state index in [2.05, 4.69) is 36.2 Å². The number of anilines is 1. The summed E-state index contributed by atoms with van der Waals surface area (Å²) >= 11 is 0. The van der Waals surface area contributed by atoms with Crippen LogP contribution in [0.4, 0.5) is 5.82 Å². The molecule has 2 saturated heterocycles. The van der Waals surface area contributed by atoms with Gasteiger partial charge in [0.1, 0.15) is 17.1 Å². The Morgan fingerprint density at radius 1 is 1.24 bits per heavy atom. The molecule has 2 fully saturated rings. The van der Waals surface area contributed by atoms with Crippen LogP contribution in [0.5, 0.6) is 5.75 Å². The molecule has 1 N–H and O–H groups in total. The predicted molar refractivity (Wildman–Crippen MR) is 114 cm³/mol. The fourth-order valence-electron chi connectivity index (χ4n) is 4.48. The minimum Gasteiger partial charge on any atom is -0.481 e. The lowest BCUT2D eigenvalue weighted by molar-refractivity contribution is -0.123. The minimum atomic E-state index is -0.132. The molecular weight excluding hydrogens is 366 g/mol. The molecule has 156 valence electrons. The van der Waals surface area contributed by atoms with Crippen LogP contribution >= 0.6 is 0 Å². The van der Waals surface area contributed by atoms with Crippen molar-refractivity contribution in [2.45, 2.75) is 39.2 Å². The molecule has 0 radical (unpaired) electrons. The first-order valence-electron chi connectivity index (χ1n) is 10.7. The number of piperidine rings is 1. The van der Waals surface area contributed by atoms with E-state index in [1.807, 2.05) is 18.2 Å². The van der Waals surface area contributed by atoms with Crippen LogP contribution in [0.2, 0.25) is 0 Å². The molecule has 3 atom stereocenters. The Morgan fingerprint density at radius 3 is 2.83 bits per heavy atom. The molecule has 1 aromatic carbocycles. The van der Waals surface area contributed by atoms with Crippen molar-refractivity contribution in [2.75, 3.05) is 37.7 Å². The number of benzene rings is 1. The summed E-state index contributed by atoms with van der Waals surface area (Å²) in [7, 11) is 0. The first kappa shape index (κ1) is 20.0. The molecule has 3 unspecified atom stereocenters. The second-order valence-electron chi connectivity index (χ2n) is 8.58. The third-order valence-electron chi connectivity index (χ3n) is 5.77. The van der Waals surface area contributed by atoms with Gasteiger partial charge in [0, 0.05) is 31.6 Å². The van der Waals surface area contributed by atoms with Gasteiger partial charge in [-0.05, 0) is 49.3 Å². The third-order valence-corrected chi connectivity index (χ3v) is 5.77. The van der Waals surface area contributed by atoms with E-state index in [0.29, 0.717) is 24.1 Å². The van der Waals surface area contributed by atoms with E-state index < -0.39 is 0 Å². The SMILES string of the molecule is CC1CC(C)CN(c2ccc3cccc(OCC(=O)NCC4CCCO4)c3n2)C1. The van der Waals surface area contributed by atoms with Gasteiger partial charge in [-0.2, -0.15) is 0 Å². The second-order valence-corrected chi connectivity index (χ2v) is 8.58. The Bertz CT molecular complexity index is 840. The van der Waals surface area contributed by atoms with Crippen LogP contribution in [0.3, 0.4) is 0 Å². The van der Waals surface area contributed by atoms with E-state index in [1.54, 1.807) is 0 Å². The molecule has 1 aromatic heterocycles. The molecule has 0 bridgehead atoms. The molecular formula is C23H31N3O3. The minimum absolute atomic E-state index is 0.0183. The fraction of sp³-hybridized carbons (Fsp3) is 0.565. The monoisotopic (exact) mass is 397 g/mol. The molecule has 0 aliphatic carbocycles. The van der Waals surface area contributed by atoms with Gasteiger partial charge in [0.25, 0.3) is 5.91 Å². The number of amides is 1. The first-order valence-corrected chi connectivity index (χ1v) is 10.7. The second kappa shape index (κ2) is 8.99. The van der Waals surface area contributed by atoms with E-state index in [1.165, 1.54) is 6.42 Å². The largest absolute Gasteiger partial charge is 0.481 e. The average molecular weight is 398 g/mol. The van der Waals surface area contributed by atoms with E-state index >= 15 is 0 Å². The van der Waals surface area contributed by atoms with Crippen LogP contribution in [0.15, 0.2) is 30.3 Å². The standard InChI is InChI=1S/C23H31N3O3/c1-16-11-17(2)14-26(13-16)21-9-8-18-5-3-7-20(23(18)25-21)29-15-22(27)24-12-19-6-4-10-28-19/h3,5,7-9,16-17,19H,4,6,10-15H2,1-2H3,(H,24,27). The molecule has 6 heteroatoms. The Balaban J connectivity index is 1.43. The fourth-order valence-corrected chi connectivity index (χ4v) is 4.48. The zero-order valence-electron chi connectivity index (χ0n) is 17.4. The number of ether oxygens (including phenoxy) is 2. The van der Waals surface area contributed by atoms with E-state index in [-0.39, 0.29) is 18.6 Å². The van der Waals surface area contributed by atoms with Crippen molar-refractivity contribution in [3.05, 3.63) is 30.3 Å². The zero-order valence-corrected chi connectivity index (χ0v) is 17.4. The van der Waals surface area contributed by atoms with Gasteiger partial charge in [-0.3, -0.25) is 4.79 Å². The van der Waals surface area contributed by atoms with E-state index in [9.17, 15) is 4.79 Å². The number of para-hydroxylation sites is 1. The highest BCUT2D eigenvalue weighted by atomic mass is 16.5. The molecule has 2 aromatic rings. The molecule has 1 amide bonds. The summed E-state index contributed by atoms with van der Waals surface area (Å²) < 4.78 is 11.4. The lowest BCUT2D eigenvalue weighted by Crippen LogP contribution is -2.39. The van der Waals surface area contributed by atoms with Crippen LogP contribution in [-0.4, -0.2) is 49.8 Å². The summed E-state index contributed by atoms with van der Waals surface area (Å²) in [5, 5.41) is 3.92. The highest BCUT2D eigenvalue weighted by Gasteiger charge is 2.23. The predicted octanol–water partition coefficient (Wildman–Crippen LogP) is 3.39. The Morgan fingerprint density at radius 2 is 2.07 bits per heavy atom. The number of carbonyl (C=O) groups excluding carboxylic acids is 1. The van der Waals surface area contributed by atoms with Gasteiger partial charge in [-0.25, -0.2) is 4.98 Å². The van der Waals surface area contributed by atoms with Gasteiger partial charge in [0.05, 0.1) is 6.10 Å². The molecule has 29 heavy (non-hydrogen) atoms. The molecule has 2 aliphatic heterocycles. The van der Waals surface area contributed by atoms with Gasteiger partial charge < -0.3 is 19.7 Å². The van der Waals surface area contributed by atoms with Crippen LogP contribution in [0, 0.1) is 11.8 Å². The van der Waals surface area contributed by atoms with Gasteiger partial charge in [0.15, 0.2) is 6.61 Å². The maximum Gasteiger partial charge on any atom is 0.258 e. The van der Waals surface area contributed by atoms with Gasteiger partial charge in [-0.1, -0.05) is 26.0 Å². The number of hydrogen-bond donors (Lipinski definition) is 1.